The fourth-order valence-corrected chi connectivity index (χ4v) is 1.98. The van der Waals surface area contributed by atoms with Crippen LogP contribution < -0.4 is 5.32 Å². The van der Waals surface area contributed by atoms with Gasteiger partial charge in [-0.3, -0.25) is 0 Å². The minimum Gasteiger partial charge on any atom is -0.314 e. The minimum absolute atomic E-state index is 0.617. The first-order chi connectivity index (χ1) is 6.90. The van der Waals surface area contributed by atoms with Crippen LogP contribution in [0.4, 0.5) is 0 Å². The summed E-state index contributed by atoms with van der Waals surface area (Å²) in [6.07, 6.45) is 1.22. The van der Waals surface area contributed by atoms with Crippen LogP contribution in [0.2, 0.25) is 0 Å². The first-order valence-corrected chi connectivity index (χ1v) is 6.35. The van der Waals surface area contributed by atoms with E-state index in [0.29, 0.717) is 18.1 Å². The molecule has 0 heterocycles. The van der Waals surface area contributed by atoms with Crippen molar-refractivity contribution < 1.29 is 0 Å². The Balaban J connectivity index is 4.02. The number of nitrogens with one attached hydrogen (secondary N) is 1. The molecule has 0 rings (SSSR count). The Morgan fingerprint density at radius 3 is 2.00 bits per heavy atom. The molecule has 15 heavy (non-hydrogen) atoms. The molecule has 0 amide bonds. The van der Waals surface area contributed by atoms with Crippen LogP contribution in [0.5, 0.6) is 0 Å². The van der Waals surface area contributed by atoms with Crippen LogP contribution in [-0.2, 0) is 0 Å². The molecule has 0 aliphatic rings. The molecule has 92 valence electrons. The Morgan fingerprint density at radius 2 is 1.60 bits per heavy atom. The fourth-order valence-electron chi connectivity index (χ4n) is 1.98. The molecule has 1 N–H and O–H groups in total. The lowest BCUT2D eigenvalue weighted by molar-refractivity contribution is 0.144. The summed E-state index contributed by atoms with van der Waals surface area (Å²) in [5.74, 6) is 0.729. The fraction of sp³-hybridized carbons (Fsp3) is 1.00. The maximum Gasteiger partial charge on any atom is 0.00897 e. The van der Waals surface area contributed by atoms with Crippen molar-refractivity contribution in [1.82, 2.24) is 10.2 Å². The van der Waals surface area contributed by atoms with Crippen LogP contribution in [0.1, 0.15) is 48.0 Å². The van der Waals surface area contributed by atoms with Gasteiger partial charge in [0.25, 0.3) is 0 Å². The maximum atomic E-state index is 3.47. The summed E-state index contributed by atoms with van der Waals surface area (Å²) >= 11 is 0. The lowest BCUT2D eigenvalue weighted by Crippen LogP contribution is -2.43. The number of hydrogen-bond acceptors (Lipinski definition) is 2. The molecule has 0 saturated carbocycles. The summed E-state index contributed by atoms with van der Waals surface area (Å²) in [5, 5.41) is 3.47. The molecule has 0 radical (unpaired) electrons. The molecule has 0 aliphatic heterocycles. The van der Waals surface area contributed by atoms with Crippen molar-refractivity contribution in [2.24, 2.45) is 5.92 Å². The molecule has 0 saturated heterocycles. The van der Waals surface area contributed by atoms with Crippen molar-refractivity contribution in [3.8, 4) is 0 Å². The van der Waals surface area contributed by atoms with E-state index in [2.05, 4.69) is 58.8 Å². The molecule has 0 bridgehead atoms. The zero-order valence-corrected chi connectivity index (χ0v) is 11.7. The lowest BCUT2D eigenvalue weighted by Gasteiger charge is -2.34. The van der Waals surface area contributed by atoms with Gasteiger partial charge >= 0.3 is 0 Å². The highest BCUT2D eigenvalue weighted by atomic mass is 15.2. The molecule has 2 heteroatoms. The van der Waals surface area contributed by atoms with Crippen molar-refractivity contribution in [2.45, 2.75) is 66.1 Å². The van der Waals surface area contributed by atoms with E-state index >= 15 is 0 Å². The van der Waals surface area contributed by atoms with E-state index < -0.39 is 0 Å². The molecular formula is C13H30N2. The van der Waals surface area contributed by atoms with Crippen molar-refractivity contribution in [3.05, 3.63) is 0 Å². The van der Waals surface area contributed by atoms with Crippen LogP contribution in [0.3, 0.4) is 0 Å². The molecule has 0 aromatic heterocycles. The number of hydrogen-bond donors (Lipinski definition) is 1. The van der Waals surface area contributed by atoms with Gasteiger partial charge in [0.05, 0.1) is 0 Å². The van der Waals surface area contributed by atoms with Crippen LogP contribution in [0, 0.1) is 5.92 Å². The molecular weight excluding hydrogens is 184 g/mol. The highest BCUT2D eigenvalue weighted by molar-refractivity contribution is 4.76. The Bertz CT molecular complexity index is 157. The first kappa shape index (κ1) is 14.9. The van der Waals surface area contributed by atoms with Crippen molar-refractivity contribution >= 4 is 0 Å². The Hall–Kier alpha value is -0.0800. The molecule has 0 aromatic rings. The summed E-state index contributed by atoms with van der Waals surface area (Å²) in [5.41, 5.74) is 0. The van der Waals surface area contributed by atoms with E-state index in [1.165, 1.54) is 6.42 Å². The van der Waals surface area contributed by atoms with Crippen molar-refractivity contribution in [1.29, 1.82) is 0 Å². The normalized spacial score (nSPS) is 18.2. The second-order valence-corrected chi connectivity index (χ2v) is 5.19. The van der Waals surface area contributed by atoms with Gasteiger partial charge in [0.1, 0.15) is 0 Å². The molecule has 3 atom stereocenters. The molecule has 0 aromatic carbocycles. The zero-order chi connectivity index (χ0) is 12.0. The van der Waals surface area contributed by atoms with E-state index in [-0.39, 0.29) is 0 Å². The van der Waals surface area contributed by atoms with Crippen LogP contribution in [-0.4, -0.2) is 36.6 Å². The third-order valence-corrected chi connectivity index (χ3v) is 3.55. The highest BCUT2D eigenvalue weighted by Crippen LogP contribution is 2.14. The van der Waals surface area contributed by atoms with E-state index in [0.717, 1.165) is 12.5 Å². The topological polar surface area (TPSA) is 15.3 Å². The van der Waals surface area contributed by atoms with Gasteiger partial charge in [-0.05, 0) is 46.7 Å². The minimum atomic E-state index is 0.617. The predicted molar refractivity (Wildman–Crippen MR) is 69.3 cm³/mol. The second kappa shape index (κ2) is 7.24. The lowest BCUT2D eigenvalue weighted by atomic mass is 10.0. The van der Waals surface area contributed by atoms with Gasteiger partial charge in [-0.2, -0.15) is 0 Å². The Labute approximate surface area is 96.4 Å². The van der Waals surface area contributed by atoms with Gasteiger partial charge in [0.2, 0.25) is 0 Å². The van der Waals surface area contributed by atoms with Gasteiger partial charge in [-0.25, -0.2) is 0 Å². The molecule has 0 fully saturated rings. The Morgan fingerprint density at radius 1 is 1.07 bits per heavy atom. The molecule has 3 unspecified atom stereocenters. The molecule has 2 nitrogen and oxygen atoms in total. The SMILES string of the molecule is CCNC(C)CC(C)N(C)C(C)C(C)C. The number of rotatable bonds is 7. The van der Waals surface area contributed by atoms with Crippen molar-refractivity contribution in [3.63, 3.8) is 0 Å². The van der Waals surface area contributed by atoms with Gasteiger partial charge in [-0.1, -0.05) is 20.8 Å². The van der Waals surface area contributed by atoms with Gasteiger partial charge in [-0.15, -0.1) is 0 Å². The zero-order valence-electron chi connectivity index (χ0n) is 11.7. The third-order valence-electron chi connectivity index (χ3n) is 3.55. The van der Waals surface area contributed by atoms with Crippen LogP contribution in [0.15, 0.2) is 0 Å². The summed E-state index contributed by atoms with van der Waals surface area (Å²) in [6.45, 7) is 14.7. The van der Waals surface area contributed by atoms with Crippen LogP contribution >= 0.6 is 0 Å². The van der Waals surface area contributed by atoms with Gasteiger partial charge in [0.15, 0.2) is 0 Å². The monoisotopic (exact) mass is 214 g/mol. The predicted octanol–water partition coefficient (Wildman–Crippen LogP) is 2.74. The summed E-state index contributed by atoms with van der Waals surface area (Å²) in [6, 6.07) is 1.93. The highest BCUT2D eigenvalue weighted by Gasteiger charge is 2.19. The van der Waals surface area contributed by atoms with Crippen LogP contribution in [0.25, 0.3) is 0 Å². The smallest absolute Gasteiger partial charge is 0.00897 e. The van der Waals surface area contributed by atoms with Gasteiger partial charge < -0.3 is 10.2 Å². The molecule has 0 spiro atoms. The van der Waals surface area contributed by atoms with E-state index in [1.54, 1.807) is 0 Å². The summed E-state index contributed by atoms with van der Waals surface area (Å²) in [7, 11) is 2.24. The molecule has 0 aliphatic carbocycles. The van der Waals surface area contributed by atoms with E-state index in [9.17, 15) is 0 Å². The average Bonchev–Trinajstić information content (AvgIpc) is 2.15. The quantitative estimate of drug-likeness (QED) is 0.701. The van der Waals surface area contributed by atoms with E-state index in [4.69, 9.17) is 0 Å². The number of nitrogens with zero attached hydrogens (tertiary/aromatic N) is 1. The second-order valence-electron chi connectivity index (χ2n) is 5.19. The average molecular weight is 214 g/mol. The van der Waals surface area contributed by atoms with Gasteiger partial charge in [0, 0.05) is 18.1 Å². The van der Waals surface area contributed by atoms with E-state index in [1.807, 2.05) is 0 Å². The maximum absolute atomic E-state index is 3.47. The summed E-state index contributed by atoms with van der Waals surface area (Å²) < 4.78 is 0. The summed E-state index contributed by atoms with van der Waals surface area (Å²) in [4.78, 5) is 2.50. The largest absolute Gasteiger partial charge is 0.314 e. The third kappa shape index (κ3) is 5.53. The standard InChI is InChI=1S/C13H30N2/c1-8-14-11(4)9-12(5)15(7)13(6)10(2)3/h10-14H,8-9H2,1-7H3. The first-order valence-electron chi connectivity index (χ1n) is 6.35. The van der Waals surface area contributed by atoms with Crippen molar-refractivity contribution in [2.75, 3.05) is 13.6 Å². The Kier molecular flexibility index (Phi) is 7.20.